The van der Waals surface area contributed by atoms with Gasteiger partial charge in [0.1, 0.15) is 17.3 Å². The van der Waals surface area contributed by atoms with Crippen molar-refractivity contribution >= 4 is 27.7 Å². The van der Waals surface area contributed by atoms with E-state index in [9.17, 15) is 17.6 Å². The molecule has 3 aromatic rings. The Morgan fingerprint density at radius 1 is 1.09 bits per heavy atom. The van der Waals surface area contributed by atoms with Gasteiger partial charge in [-0.1, -0.05) is 17.7 Å². The molecular weight excluding hydrogens is 487 g/mol. The third-order valence-corrected chi connectivity index (χ3v) is 7.53. The summed E-state index contributed by atoms with van der Waals surface area (Å²) in [5.41, 5.74) is 2.51. The van der Waals surface area contributed by atoms with Gasteiger partial charge in [-0.2, -0.15) is 4.31 Å². The van der Waals surface area contributed by atoms with Gasteiger partial charge in [0.05, 0.1) is 4.90 Å². The maximum Gasteiger partial charge on any atom is 0.432 e. The maximum absolute atomic E-state index is 14.8. The zero-order valence-corrected chi connectivity index (χ0v) is 19.4. The van der Waals surface area contributed by atoms with Gasteiger partial charge in [0.2, 0.25) is 10.0 Å². The fourth-order valence-electron chi connectivity index (χ4n) is 3.77. The molecule has 3 aromatic carbocycles. The van der Waals surface area contributed by atoms with Gasteiger partial charge >= 0.3 is 6.09 Å². The first kappa shape index (κ1) is 24.0. The van der Waals surface area contributed by atoms with Crippen LogP contribution in [-0.2, 0) is 21.2 Å². The molecule has 1 aliphatic rings. The van der Waals surface area contributed by atoms with Crippen molar-refractivity contribution in [1.29, 1.82) is 0 Å². The molecule has 34 heavy (non-hydrogen) atoms. The second-order valence-corrected chi connectivity index (χ2v) is 9.85. The number of nitrogens with one attached hydrogen (secondary N) is 1. The van der Waals surface area contributed by atoms with E-state index in [0.29, 0.717) is 22.1 Å². The Balaban J connectivity index is 1.66. The van der Waals surface area contributed by atoms with Crippen LogP contribution in [0.3, 0.4) is 0 Å². The van der Waals surface area contributed by atoms with Gasteiger partial charge in [-0.15, -0.1) is 0 Å². The normalized spacial score (nSPS) is 15.9. The predicted molar refractivity (Wildman–Crippen MR) is 121 cm³/mol. The van der Waals surface area contributed by atoms with Crippen molar-refractivity contribution in [1.82, 2.24) is 9.79 Å². The minimum absolute atomic E-state index is 0.0635. The summed E-state index contributed by atoms with van der Waals surface area (Å²) in [6.45, 7) is 1.69. The zero-order chi connectivity index (χ0) is 24.5. The lowest BCUT2D eigenvalue weighted by Gasteiger charge is -2.36. The van der Waals surface area contributed by atoms with Crippen LogP contribution in [0.5, 0.6) is 11.5 Å². The quantitative estimate of drug-likeness (QED) is 0.375. The number of carbonyl (C=O) groups excluding carboxylic acids is 1. The molecule has 2 N–H and O–H groups in total. The monoisotopic (exact) mass is 506 g/mol. The number of aryl methyl sites for hydroxylation is 1. The summed E-state index contributed by atoms with van der Waals surface area (Å²) >= 11 is 5.86. The molecule has 0 saturated carbocycles. The number of ether oxygens (including phenoxy) is 2. The van der Waals surface area contributed by atoms with Crippen LogP contribution in [0.2, 0.25) is 5.02 Å². The molecule has 1 aliphatic heterocycles. The van der Waals surface area contributed by atoms with E-state index in [4.69, 9.17) is 26.3 Å². The number of fused-ring (bicyclic) bond motifs is 1. The second kappa shape index (κ2) is 9.59. The zero-order valence-electron chi connectivity index (χ0n) is 17.9. The summed E-state index contributed by atoms with van der Waals surface area (Å²) in [5.74, 6) is 0.185. The van der Waals surface area contributed by atoms with Crippen molar-refractivity contribution in [3.05, 3.63) is 88.2 Å². The molecule has 4 rings (SSSR count). The highest BCUT2D eigenvalue weighted by Crippen LogP contribution is 2.38. The van der Waals surface area contributed by atoms with Gasteiger partial charge in [0.15, 0.2) is 6.23 Å². The number of benzene rings is 3. The first-order valence-corrected chi connectivity index (χ1v) is 12.0. The minimum Gasteiger partial charge on any atom is -0.457 e. The molecule has 1 atom stereocenters. The molecule has 0 radical (unpaired) electrons. The van der Waals surface area contributed by atoms with Gasteiger partial charge in [0.25, 0.3) is 0 Å². The Hall–Kier alpha value is -3.18. The van der Waals surface area contributed by atoms with Crippen molar-refractivity contribution in [2.75, 3.05) is 6.54 Å². The topological polar surface area (TPSA) is 105 Å². The number of hydrogen-bond acceptors (Lipinski definition) is 6. The van der Waals surface area contributed by atoms with E-state index in [1.165, 1.54) is 35.8 Å². The van der Waals surface area contributed by atoms with Crippen LogP contribution < -0.4 is 10.2 Å². The molecule has 0 aliphatic carbocycles. The van der Waals surface area contributed by atoms with Gasteiger partial charge in [0, 0.05) is 17.1 Å². The first-order valence-electron chi connectivity index (χ1n) is 10.1. The van der Waals surface area contributed by atoms with Crippen LogP contribution in [0, 0.1) is 12.7 Å². The van der Waals surface area contributed by atoms with Crippen LogP contribution in [0.25, 0.3) is 0 Å². The highest BCUT2D eigenvalue weighted by molar-refractivity contribution is 7.89. The average molecular weight is 507 g/mol. The number of hydroxylamine groups is 1. The summed E-state index contributed by atoms with van der Waals surface area (Å²) < 4.78 is 53.4. The molecule has 0 aromatic heterocycles. The number of sulfonamides is 1. The molecule has 0 spiro atoms. The van der Waals surface area contributed by atoms with Crippen LogP contribution in [0.15, 0.2) is 65.6 Å². The third-order valence-electron chi connectivity index (χ3n) is 5.42. The lowest BCUT2D eigenvalue weighted by Crippen LogP contribution is -2.43. The van der Waals surface area contributed by atoms with Gasteiger partial charge in [-0.05, 0) is 79.1 Å². The smallest absolute Gasteiger partial charge is 0.432 e. The second-order valence-electron chi connectivity index (χ2n) is 7.52. The number of rotatable bonds is 5. The molecule has 11 heteroatoms. The average Bonchev–Trinajstić information content (AvgIpc) is 2.83. The van der Waals surface area contributed by atoms with E-state index < -0.39 is 28.2 Å². The Morgan fingerprint density at radius 3 is 2.32 bits per heavy atom. The molecule has 0 fully saturated rings. The summed E-state index contributed by atoms with van der Waals surface area (Å²) in [4.78, 5) is 11.7. The Kier molecular flexibility index (Phi) is 6.76. The van der Waals surface area contributed by atoms with Crippen LogP contribution in [0.4, 0.5) is 9.18 Å². The Bertz CT molecular complexity index is 1320. The molecule has 0 unspecified atom stereocenters. The largest absolute Gasteiger partial charge is 0.457 e. The van der Waals surface area contributed by atoms with E-state index in [1.54, 1.807) is 37.3 Å². The SMILES string of the molecule is Cc1ccc(F)c2c1CCN(S(=O)(=O)c1ccc(Oc3ccc(Cl)cc3)cc1)[C@@H]2OC(=O)NO. The molecular formula is C23H20ClFN2O6S. The van der Waals surface area contributed by atoms with E-state index in [0.717, 1.165) is 9.87 Å². The molecule has 8 nitrogen and oxygen atoms in total. The van der Waals surface area contributed by atoms with E-state index in [1.807, 2.05) is 0 Å². The Labute approximate surface area is 200 Å². The van der Waals surface area contributed by atoms with E-state index in [2.05, 4.69) is 0 Å². The first-order chi connectivity index (χ1) is 16.2. The number of carbonyl (C=O) groups is 1. The third kappa shape index (κ3) is 4.71. The standard InChI is InChI=1S/C23H20ClFN2O6S/c1-14-2-11-20(25)21-19(14)12-13-27(22(21)33-23(28)26-29)34(30,31)18-9-7-17(8-10-18)32-16-5-3-15(24)4-6-16/h2-11,22,29H,12-13H2,1H3,(H,26,28)/t22-/m1/s1. The van der Waals surface area contributed by atoms with E-state index >= 15 is 0 Å². The van der Waals surface area contributed by atoms with Crippen molar-refractivity contribution < 1.29 is 32.3 Å². The highest BCUT2D eigenvalue weighted by Gasteiger charge is 2.41. The van der Waals surface area contributed by atoms with Crippen molar-refractivity contribution in [3.63, 3.8) is 0 Å². The molecule has 1 heterocycles. The minimum atomic E-state index is -4.23. The number of amides is 1. The van der Waals surface area contributed by atoms with Gasteiger partial charge in [-0.25, -0.2) is 23.1 Å². The lowest BCUT2D eigenvalue weighted by molar-refractivity contribution is 0.000335. The maximum atomic E-state index is 14.8. The fraction of sp³-hybridized carbons (Fsp3) is 0.174. The van der Waals surface area contributed by atoms with Crippen LogP contribution in [0.1, 0.15) is 22.9 Å². The number of halogens is 2. The molecule has 0 bridgehead atoms. The molecule has 1 amide bonds. The van der Waals surface area contributed by atoms with Gasteiger partial charge in [-0.3, -0.25) is 5.21 Å². The Morgan fingerprint density at radius 2 is 1.71 bits per heavy atom. The highest BCUT2D eigenvalue weighted by atomic mass is 35.5. The van der Waals surface area contributed by atoms with Crippen LogP contribution in [-0.4, -0.2) is 30.6 Å². The predicted octanol–water partition coefficient (Wildman–Crippen LogP) is 4.94. The summed E-state index contributed by atoms with van der Waals surface area (Å²) in [6.07, 6.45) is -2.70. The number of nitrogens with zero attached hydrogens (tertiary/aromatic N) is 1. The summed E-state index contributed by atoms with van der Waals surface area (Å²) in [5, 5.41) is 9.45. The van der Waals surface area contributed by atoms with E-state index in [-0.39, 0.29) is 23.4 Å². The van der Waals surface area contributed by atoms with Crippen molar-refractivity contribution in [2.24, 2.45) is 0 Å². The summed E-state index contributed by atoms with van der Waals surface area (Å²) in [6, 6.07) is 15.0. The molecule has 178 valence electrons. The molecule has 0 saturated heterocycles. The van der Waals surface area contributed by atoms with Gasteiger partial charge < -0.3 is 9.47 Å². The summed E-state index contributed by atoms with van der Waals surface area (Å²) in [7, 11) is -4.23. The lowest BCUT2D eigenvalue weighted by atomic mass is 9.94. The fourth-order valence-corrected chi connectivity index (χ4v) is 5.38. The van der Waals surface area contributed by atoms with Crippen molar-refractivity contribution in [2.45, 2.75) is 24.5 Å². The van der Waals surface area contributed by atoms with Crippen LogP contribution >= 0.6 is 11.6 Å². The number of hydrogen-bond donors (Lipinski definition) is 2. The van der Waals surface area contributed by atoms with Crippen molar-refractivity contribution in [3.8, 4) is 11.5 Å².